The first-order chi connectivity index (χ1) is 12.5. The molecule has 1 heterocycles. The molecule has 2 aromatic rings. The molecule has 1 aromatic carbocycles. The molecular weight excluding hydrogens is 330 g/mol. The van der Waals surface area contributed by atoms with Gasteiger partial charge in [-0.25, -0.2) is 0 Å². The molecule has 1 aromatic heterocycles. The van der Waals surface area contributed by atoms with E-state index in [1.54, 1.807) is 0 Å². The zero-order chi connectivity index (χ0) is 18.7. The summed E-state index contributed by atoms with van der Waals surface area (Å²) < 4.78 is 0. The molecule has 1 aliphatic rings. The number of carbonyl (C=O) groups is 2. The van der Waals surface area contributed by atoms with Crippen molar-refractivity contribution >= 4 is 11.7 Å². The molecule has 0 fully saturated rings. The molecule has 0 aliphatic heterocycles. The fourth-order valence-electron chi connectivity index (χ4n) is 3.25. The molecule has 1 atom stereocenters. The Balaban J connectivity index is 1.83. The van der Waals surface area contributed by atoms with Gasteiger partial charge >= 0.3 is 0 Å². The first kappa shape index (κ1) is 18.1. The predicted molar refractivity (Wildman–Crippen MR) is 99.8 cm³/mol. The van der Waals surface area contributed by atoms with Gasteiger partial charge < -0.3 is 15.2 Å². The van der Waals surface area contributed by atoms with Gasteiger partial charge in [-0.05, 0) is 38.1 Å². The molecule has 26 heavy (non-hydrogen) atoms. The molecule has 0 radical (unpaired) electrons. The maximum absolute atomic E-state index is 12.6. The van der Waals surface area contributed by atoms with Crippen LogP contribution in [0.1, 0.15) is 44.3 Å². The molecule has 0 bridgehead atoms. The van der Waals surface area contributed by atoms with E-state index < -0.39 is 11.5 Å². The van der Waals surface area contributed by atoms with Crippen molar-refractivity contribution in [3.05, 3.63) is 69.1 Å². The first-order valence-electron chi connectivity index (χ1n) is 8.73. The van der Waals surface area contributed by atoms with Gasteiger partial charge in [-0.2, -0.15) is 0 Å². The number of nitrogens with one attached hydrogen (secondary N) is 2. The van der Waals surface area contributed by atoms with Crippen molar-refractivity contribution < 1.29 is 9.59 Å². The third-order valence-corrected chi connectivity index (χ3v) is 4.67. The Labute approximate surface area is 152 Å². The third-order valence-electron chi connectivity index (χ3n) is 4.67. The van der Waals surface area contributed by atoms with Crippen molar-refractivity contribution in [3.8, 4) is 0 Å². The number of hydrogen-bond donors (Lipinski definition) is 2. The fraction of sp³-hybridized carbons (Fsp3) is 0.350. The Morgan fingerprint density at radius 2 is 1.92 bits per heavy atom. The number of likely N-dealkylation sites (N-methyl/N-ethyl adjacent to an activating group) is 1. The lowest BCUT2D eigenvalue weighted by Gasteiger charge is -2.24. The number of ketones is 1. The van der Waals surface area contributed by atoms with Crippen LogP contribution in [0.4, 0.5) is 0 Å². The normalized spacial score (nSPS) is 16.4. The van der Waals surface area contributed by atoms with E-state index in [2.05, 4.69) is 10.3 Å². The third kappa shape index (κ3) is 3.91. The minimum Gasteiger partial charge on any atom is -0.351 e. The topological polar surface area (TPSA) is 82.3 Å². The summed E-state index contributed by atoms with van der Waals surface area (Å²) in [6.07, 6.45) is 0.966. The zero-order valence-corrected chi connectivity index (χ0v) is 15.0. The van der Waals surface area contributed by atoms with Gasteiger partial charge in [-0.15, -0.1) is 0 Å². The number of Topliss-reactive ketones (excluding diaryl/α,β-unsaturated/α-hetero) is 1. The molecule has 3 rings (SSSR count). The Bertz CT molecular complexity index is 872. The van der Waals surface area contributed by atoms with Gasteiger partial charge in [0.15, 0.2) is 5.78 Å². The van der Waals surface area contributed by atoms with E-state index in [4.69, 9.17) is 0 Å². The van der Waals surface area contributed by atoms with Crippen LogP contribution in [0.3, 0.4) is 0 Å². The van der Waals surface area contributed by atoms with Gasteiger partial charge in [0.1, 0.15) is 5.56 Å². The highest BCUT2D eigenvalue weighted by atomic mass is 16.2. The highest BCUT2D eigenvalue weighted by Gasteiger charge is 2.28. The lowest BCUT2D eigenvalue weighted by molar-refractivity contribution is 0.0949. The number of aromatic amines is 1. The molecule has 0 saturated heterocycles. The van der Waals surface area contributed by atoms with Gasteiger partial charge in [0.05, 0.1) is 0 Å². The van der Waals surface area contributed by atoms with Crippen LogP contribution in [0.5, 0.6) is 0 Å². The molecule has 2 N–H and O–H groups in total. The van der Waals surface area contributed by atoms with Gasteiger partial charge in [0.2, 0.25) is 0 Å². The number of amides is 1. The summed E-state index contributed by atoms with van der Waals surface area (Å²) in [7, 11) is 3.80. The summed E-state index contributed by atoms with van der Waals surface area (Å²) in [6, 6.07) is 11.3. The lowest BCUT2D eigenvalue weighted by Crippen LogP contribution is -2.35. The van der Waals surface area contributed by atoms with Gasteiger partial charge in [0.25, 0.3) is 11.5 Å². The SMILES string of the molecule is CN(C)CCNC(=O)c1cc2c([nH]c1=O)CC(c1ccccc1)CC2=O. The molecular formula is C20H23N3O3. The number of H-pyrrole nitrogens is 1. The van der Waals surface area contributed by atoms with Crippen LogP contribution in [0.15, 0.2) is 41.2 Å². The van der Waals surface area contributed by atoms with Gasteiger partial charge in [0, 0.05) is 30.8 Å². The lowest BCUT2D eigenvalue weighted by atomic mass is 9.81. The molecule has 136 valence electrons. The van der Waals surface area contributed by atoms with Crippen molar-refractivity contribution in [1.82, 2.24) is 15.2 Å². The number of hydrogen-bond acceptors (Lipinski definition) is 4. The van der Waals surface area contributed by atoms with Crippen molar-refractivity contribution in [2.75, 3.05) is 27.2 Å². The van der Waals surface area contributed by atoms with Crippen molar-refractivity contribution in [3.63, 3.8) is 0 Å². The number of fused-ring (bicyclic) bond motifs is 1. The molecule has 6 nitrogen and oxygen atoms in total. The second-order valence-electron chi connectivity index (χ2n) is 6.90. The molecule has 1 amide bonds. The van der Waals surface area contributed by atoms with Crippen molar-refractivity contribution in [1.29, 1.82) is 0 Å². The second kappa shape index (κ2) is 7.66. The number of benzene rings is 1. The average molecular weight is 353 g/mol. The van der Waals surface area contributed by atoms with Gasteiger partial charge in [-0.1, -0.05) is 30.3 Å². The predicted octanol–water partition coefficient (Wildman–Crippen LogP) is 1.58. The summed E-state index contributed by atoms with van der Waals surface area (Å²) in [5.41, 5.74) is 1.69. The number of aromatic nitrogens is 1. The Kier molecular flexibility index (Phi) is 5.32. The molecule has 0 saturated carbocycles. The van der Waals surface area contributed by atoms with Crippen LogP contribution >= 0.6 is 0 Å². The van der Waals surface area contributed by atoms with Gasteiger partial charge in [-0.3, -0.25) is 14.4 Å². The Hall–Kier alpha value is -2.73. The Morgan fingerprint density at radius 1 is 1.19 bits per heavy atom. The molecule has 0 spiro atoms. The smallest absolute Gasteiger partial charge is 0.261 e. The number of rotatable bonds is 5. The average Bonchev–Trinajstić information content (AvgIpc) is 2.61. The molecule has 1 aliphatic carbocycles. The van der Waals surface area contributed by atoms with Crippen LogP contribution in [0, 0.1) is 0 Å². The quantitative estimate of drug-likeness (QED) is 0.855. The van der Waals surface area contributed by atoms with E-state index in [1.165, 1.54) is 6.07 Å². The summed E-state index contributed by atoms with van der Waals surface area (Å²) in [5, 5.41) is 2.72. The van der Waals surface area contributed by atoms with E-state index in [1.807, 2.05) is 49.3 Å². The first-order valence-corrected chi connectivity index (χ1v) is 8.73. The maximum Gasteiger partial charge on any atom is 0.261 e. The van der Waals surface area contributed by atoms with Crippen LogP contribution < -0.4 is 10.9 Å². The second-order valence-corrected chi connectivity index (χ2v) is 6.90. The molecule has 1 unspecified atom stereocenters. The van der Waals surface area contributed by atoms with E-state index in [0.717, 1.165) is 5.56 Å². The minimum absolute atomic E-state index is 0.00554. The van der Waals surface area contributed by atoms with Crippen LogP contribution in [0.25, 0.3) is 0 Å². The van der Waals surface area contributed by atoms with E-state index >= 15 is 0 Å². The summed E-state index contributed by atoms with van der Waals surface area (Å²) in [5.74, 6) is -0.445. The van der Waals surface area contributed by atoms with E-state index in [0.29, 0.717) is 37.2 Å². The summed E-state index contributed by atoms with van der Waals surface area (Å²) in [6.45, 7) is 1.11. The van der Waals surface area contributed by atoms with E-state index in [-0.39, 0.29) is 17.3 Å². The number of pyridine rings is 1. The van der Waals surface area contributed by atoms with E-state index in [9.17, 15) is 14.4 Å². The summed E-state index contributed by atoms with van der Waals surface area (Å²) >= 11 is 0. The maximum atomic E-state index is 12.6. The van der Waals surface area contributed by atoms with Crippen LogP contribution in [0.2, 0.25) is 0 Å². The Morgan fingerprint density at radius 3 is 2.62 bits per heavy atom. The fourth-order valence-corrected chi connectivity index (χ4v) is 3.25. The minimum atomic E-state index is -0.451. The van der Waals surface area contributed by atoms with Crippen molar-refractivity contribution in [2.24, 2.45) is 0 Å². The number of carbonyl (C=O) groups excluding carboxylic acids is 2. The van der Waals surface area contributed by atoms with Crippen LogP contribution in [-0.2, 0) is 6.42 Å². The van der Waals surface area contributed by atoms with Crippen LogP contribution in [-0.4, -0.2) is 48.8 Å². The largest absolute Gasteiger partial charge is 0.351 e. The number of nitrogens with zero attached hydrogens (tertiary/aromatic N) is 1. The standard InChI is InChI=1S/C20H23N3O3/c1-23(2)9-8-21-19(25)16-12-15-17(22-20(16)26)10-14(11-18(15)24)13-6-4-3-5-7-13/h3-7,12,14H,8-11H2,1-2H3,(H,21,25)(H,22,26). The highest BCUT2D eigenvalue weighted by molar-refractivity contribution is 6.02. The zero-order valence-electron chi connectivity index (χ0n) is 15.0. The molecule has 6 heteroatoms. The highest BCUT2D eigenvalue weighted by Crippen LogP contribution is 2.31. The monoisotopic (exact) mass is 353 g/mol. The summed E-state index contributed by atoms with van der Waals surface area (Å²) in [4.78, 5) is 41.9. The van der Waals surface area contributed by atoms with Crippen molar-refractivity contribution in [2.45, 2.75) is 18.8 Å².